The van der Waals surface area contributed by atoms with Crippen LogP contribution in [0.2, 0.25) is 0 Å². The number of hydrogen-bond donors (Lipinski definition) is 0. The third-order valence-electron chi connectivity index (χ3n) is 3.48. The fourth-order valence-corrected chi connectivity index (χ4v) is 3.33. The summed E-state index contributed by atoms with van der Waals surface area (Å²) in [6.45, 7) is 7.14. The molecule has 1 atom stereocenters. The molecule has 0 N–H and O–H groups in total. The third-order valence-corrected chi connectivity index (χ3v) is 4.59. The number of nitrogens with zero attached hydrogens (tertiary/aromatic N) is 1. The van der Waals surface area contributed by atoms with E-state index in [4.69, 9.17) is 0 Å². The number of likely N-dealkylation sites (tertiary alicyclic amines) is 1. The van der Waals surface area contributed by atoms with Crippen molar-refractivity contribution in [1.82, 2.24) is 4.90 Å². The lowest BCUT2D eigenvalue weighted by Gasteiger charge is -2.14. The molecular weight excluding hydrogens is 258 g/mol. The van der Waals surface area contributed by atoms with E-state index in [0.29, 0.717) is 13.0 Å². The van der Waals surface area contributed by atoms with Crippen LogP contribution in [-0.4, -0.2) is 34.3 Å². The van der Waals surface area contributed by atoms with Gasteiger partial charge in [0.05, 0.1) is 5.25 Å². The van der Waals surface area contributed by atoms with Crippen LogP contribution in [0.3, 0.4) is 0 Å². The van der Waals surface area contributed by atoms with E-state index in [-0.39, 0.29) is 17.1 Å². The van der Waals surface area contributed by atoms with Crippen molar-refractivity contribution in [3.8, 4) is 0 Å². The maximum absolute atomic E-state index is 12.0. The standard InChI is InChI=1S/C15H27NO2S/c1-4-19-13-11-14(17)16(15(13)18)10-8-6-5-7-9-12(2)3/h12-13H,4-11H2,1-3H3. The summed E-state index contributed by atoms with van der Waals surface area (Å²) in [5, 5.41) is -0.113. The molecule has 1 unspecified atom stereocenters. The van der Waals surface area contributed by atoms with Crippen molar-refractivity contribution < 1.29 is 9.59 Å². The number of carbonyl (C=O) groups is 2. The van der Waals surface area contributed by atoms with Gasteiger partial charge in [-0.25, -0.2) is 0 Å². The summed E-state index contributed by atoms with van der Waals surface area (Å²) in [6.07, 6.45) is 6.23. The largest absolute Gasteiger partial charge is 0.282 e. The molecule has 3 nitrogen and oxygen atoms in total. The number of rotatable bonds is 9. The summed E-state index contributed by atoms with van der Waals surface area (Å²) in [4.78, 5) is 25.3. The van der Waals surface area contributed by atoms with Gasteiger partial charge in [0.25, 0.3) is 0 Å². The summed E-state index contributed by atoms with van der Waals surface area (Å²) in [7, 11) is 0. The van der Waals surface area contributed by atoms with Crippen LogP contribution in [0, 0.1) is 5.92 Å². The van der Waals surface area contributed by atoms with Gasteiger partial charge in [-0.05, 0) is 18.1 Å². The van der Waals surface area contributed by atoms with Gasteiger partial charge >= 0.3 is 0 Å². The molecule has 1 aliphatic rings. The summed E-state index contributed by atoms with van der Waals surface area (Å²) in [6, 6.07) is 0. The molecular formula is C15H27NO2S. The van der Waals surface area contributed by atoms with E-state index in [9.17, 15) is 9.59 Å². The second kappa shape index (κ2) is 8.62. The van der Waals surface area contributed by atoms with Crippen molar-refractivity contribution in [2.75, 3.05) is 12.3 Å². The summed E-state index contributed by atoms with van der Waals surface area (Å²) < 4.78 is 0. The van der Waals surface area contributed by atoms with Crippen LogP contribution in [0.4, 0.5) is 0 Å². The Hall–Kier alpha value is -0.510. The number of carbonyl (C=O) groups excluding carboxylic acids is 2. The monoisotopic (exact) mass is 285 g/mol. The van der Waals surface area contributed by atoms with Crippen molar-refractivity contribution in [3.05, 3.63) is 0 Å². The predicted octanol–water partition coefficient (Wildman–Crippen LogP) is 3.47. The fraction of sp³-hybridized carbons (Fsp3) is 0.867. The van der Waals surface area contributed by atoms with Crippen LogP contribution in [0.1, 0.15) is 59.3 Å². The predicted molar refractivity (Wildman–Crippen MR) is 81.2 cm³/mol. The number of imide groups is 1. The normalized spacial score (nSPS) is 19.8. The topological polar surface area (TPSA) is 37.4 Å². The Morgan fingerprint density at radius 3 is 2.53 bits per heavy atom. The molecule has 0 saturated carbocycles. The van der Waals surface area contributed by atoms with Crippen LogP contribution in [0.15, 0.2) is 0 Å². The molecule has 0 aromatic rings. The zero-order valence-corrected chi connectivity index (χ0v) is 13.3. The van der Waals surface area contributed by atoms with E-state index in [1.165, 1.54) is 24.2 Å². The molecule has 0 aliphatic carbocycles. The number of unbranched alkanes of at least 4 members (excludes halogenated alkanes) is 3. The molecule has 0 bridgehead atoms. The van der Waals surface area contributed by atoms with Gasteiger partial charge in [-0.15, -0.1) is 11.8 Å². The van der Waals surface area contributed by atoms with Gasteiger partial charge in [-0.1, -0.05) is 46.5 Å². The van der Waals surface area contributed by atoms with Gasteiger partial charge in [0, 0.05) is 13.0 Å². The molecule has 1 aliphatic heterocycles. The van der Waals surface area contributed by atoms with Crippen LogP contribution < -0.4 is 0 Å². The minimum atomic E-state index is -0.113. The minimum Gasteiger partial charge on any atom is -0.282 e. The smallest absolute Gasteiger partial charge is 0.242 e. The van der Waals surface area contributed by atoms with Gasteiger partial charge in [0.1, 0.15) is 0 Å². The molecule has 4 heteroatoms. The highest BCUT2D eigenvalue weighted by Crippen LogP contribution is 2.25. The first-order chi connectivity index (χ1) is 9.06. The molecule has 0 spiro atoms. The Labute approximate surface area is 121 Å². The Morgan fingerprint density at radius 1 is 1.21 bits per heavy atom. The maximum Gasteiger partial charge on any atom is 0.242 e. The lowest BCUT2D eigenvalue weighted by Crippen LogP contribution is -2.32. The Kier molecular flexibility index (Phi) is 7.51. The van der Waals surface area contributed by atoms with Crippen molar-refractivity contribution in [2.45, 2.75) is 64.5 Å². The minimum absolute atomic E-state index is 0.0260. The highest BCUT2D eigenvalue weighted by molar-refractivity contribution is 8.00. The third kappa shape index (κ3) is 5.55. The van der Waals surface area contributed by atoms with E-state index >= 15 is 0 Å². The van der Waals surface area contributed by atoms with Gasteiger partial charge in [0.15, 0.2) is 0 Å². The van der Waals surface area contributed by atoms with Gasteiger partial charge in [-0.3, -0.25) is 14.5 Å². The quantitative estimate of drug-likeness (QED) is 0.481. The Bertz CT molecular complexity index is 305. The Morgan fingerprint density at radius 2 is 1.89 bits per heavy atom. The van der Waals surface area contributed by atoms with Gasteiger partial charge < -0.3 is 0 Å². The SMILES string of the molecule is CCSC1CC(=O)N(CCCCCCC(C)C)C1=O. The second-order valence-corrected chi connectivity index (χ2v) is 7.11. The van der Waals surface area contributed by atoms with Crippen molar-refractivity contribution in [2.24, 2.45) is 5.92 Å². The second-order valence-electron chi connectivity index (χ2n) is 5.63. The molecule has 1 rings (SSSR count). The van der Waals surface area contributed by atoms with Gasteiger partial charge in [0.2, 0.25) is 11.8 Å². The van der Waals surface area contributed by atoms with Crippen LogP contribution in [0.5, 0.6) is 0 Å². The molecule has 0 radical (unpaired) electrons. The number of thioether (sulfide) groups is 1. The summed E-state index contributed by atoms with van der Waals surface area (Å²) in [5.74, 6) is 1.73. The van der Waals surface area contributed by atoms with E-state index in [1.54, 1.807) is 11.8 Å². The first-order valence-corrected chi connectivity index (χ1v) is 8.57. The lowest BCUT2D eigenvalue weighted by atomic mass is 10.0. The van der Waals surface area contributed by atoms with Crippen LogP contribution in [0.25, 0.3) is 0 Å². The summed E-state index contributed by atoms with van der Waals surface area (Å²) >= 11 is 1.59. The first-order valence-electron chi connectivity index (χ1n) is 7.52. The molecule has 1 saturated heterocycles. The molecule has 0 aromatic heterocycles. The van der Waals surface area contributed by atoms with E-state index in [2.05, 4.69) is 13.8 Å². The number of hydrogen-bond acceptors (Lipinski definition) is 3. The average molecular weight is 285 g/mol. The highest BCUT2D eigenvalue weighted by Gasteiger charge is 2.37. The Balaban J connectivity index is 2.18. The molecule has 110 valence electrons. The van der Waals surface area contributed by atoms with Crippen LogP contribution >= 0.6 is 11.8 Å². The highest BCUT2D eigenvalue weighted by atomic mass is 32.2. The maximum atomic E-state index is 12.0. The van der Waals surface area contributed by atoms with E-state index in [1.807, 2.05) is 6.92 Å². The lowest BCUT2D eigenvalue weighted by molar-refractivity contribution is -0.138. The van der Waals surface area contributed by atoms with Crippen molar-refractivity contribution in [3.63, 3.8) is 0 Å². The zero-order chi connectivity index (χ0) is 14.3. The van der Waals surface area contributed by atoms with Crippen LogP contribution in [-0.2, 0) is 9.59 Å². The van der Waals surface area contributed by atoms with Crippen molar-refractivity contribution in [1.29, 1.82) is 0 Å². The molecule has 1 heterocycles. The number of amides is 2. The average Bonchev–Trinajstić information content (AvgIpc) is 2.60. The summed E-state index contributed by atoms with van der Waals surface area (Å²) in [5.41, 5.74) is 0. The first kappa shape index (κ1) is 16.5. The molecule has 1 fully saturated rings. The van der Waals surface area contributed by atoms with Gasteiger partial charge in [-0.2, -0.15) is 0 Å². The fourth-order valence-electron chi connectivity index (χ4n) is 2.40. The zero-order valence-electron chi connectivity index (χ0n) is 12.5. The molecule has 19 heavy (non-hydrogen) atoms. The van der Waals surface area contributed by atoms with E-state index < -0.39 is 0 Å². The molecule has 2 amide bonds. The molecule has 0 aromatic carbocycles. The van der Waals surface area contributed by atoms with E-state index in [0.717, 1.165) is 24.5 Å². The van der Waals surface area contributed by atoms with Crippen molar-refractivity contribution >= 4 is 23.6 Å².